The van der Waals surface area contributed by atoms with E-state index in [2.05, 4.69) is 46.4 Å². The summed E-state index contributed by atoms with van der Waals surface area (Å²) in [5.41, 5.74) is 1.10. The first-order chi connectivity index (χ1) is 26.7. The van der Waals surface area contributed by atoms with Gasteiger partial charge in [0, 0.05) is 66.6 Å². The van der Waals surface area contributed by atoms with Crippen LogP contribution >= 0.6 is 0 Å². The van der Waals surface area contributed by atoms with Crippen molar-refractivity contribution in [3.63, 3.8) is 0 Å². The average Bonchev–Trinajstić information content (AvgIpc) is 3.94. The van der Waals surface area contributed by atoms with Crippen molar-refractivity contribution in [3.05, 3.63) is 90.6 Å². The predicted molar refractivity (Wildman–Crippen MR) is 203 cm³/mol. The first kappa shape index (κ1) is 35.0. The van der Waals surface area contributed by atoms with Gasteiger partial charge in [-0.15, -0.1) is 15.6 Å². The second-order valence-corrected chi connectivity index (χ2v) is 16.1. The van der Waals surface area contributed by atoms with E-state index in [0.717, 1.165) is 23.3 Å². The Hall–Kier alpha value is -5.76. The quantitative estimate of drug-likeness (QED) is 0.201. The number of aromatic nitrogens is 6. The number of fused-ring (bicyclic) bond motifs is 4. The molecule has 9 rings (SSSR count). The molecule has 0 amide bonds. The Balaban J connectivity index is 1.01. The zero-order valence-corrected chi connectivity index (χ0v) is 30.5. The van der Waals surface area contributed by atoms with Gasteiger partial charge in [0.25, 0.3) is 10.0 Å². The third-order valence-corrected chi connectivity index (χ3v) is 12.3. The Kier molecular flexibility index (Phi) is 8.79. The number of likely N-dealkylation sites (tertiary alicyclic amines) is 1. The van der Waals surface area contributed by atoms with Gasteiger partial charge in [-0.05, 0) is 56.0 Å². The van der Waals surface area contributed by atoms with E-state index < -0.39 is 21.7 Å². The lowest BCUT2D eigenvalue weighted by Gasteiger charge is -2.34. The molecule has 55 heavy (non-hydrogen) atoms. The number of anilines is 2. The molecule has 3 fully saturated rings. The van der Waals surface area contributed by atoms with E-state index in [1.807, 2.05) is 13.1 Å². The zero-order valence-electron chi connectivity index (χ0n) is 29.7. The molecule has 3 saturated heterocycles. The third kappa shape index (κ3) is 6.37. The molecule has 0 spiro atoms. The number of rotatable bonds is 9. The van der Waals surface area contributed by atoms with Gasteiger partial charge in [0.05, 0.1) is 15.8 Å². The third-order valence-electron chi connectivity index (χ3n) is 10.8. The Morgan fingerprint density at radius 3 is 2.65 bits per heavy atom. The molecule has 6 heterocycles. The highest BCUT2D eigenvalue weighted by atomic mass is 32.2. The van der Waals surface area contributed by atoms with E-state index >= 15 is 4.39 Å². The molecular formula is C39H36F2N10O3S. The summed E-state index contributed by atoms with van der Waals surface area (Å²) in [5, 5.41) is 12.4. The number of halogens is 2. The van der Waals surface area contributed by atoms with Crippen LogP contribution in [0.25, 0.3) is 32.9 Å². The van der Waals surface area contributed by atoms with E-state index in [1.54, 1.807) is 42.6 Å². The van der Waals surface area contributed by atoms with Gasteiger partial charge in [-0.1, -0.05) is 36.3 Å². The second-order valence-electron chi connectivity index (χ2n) is 14.3. The van der Waals surface area contributed by atoms with Crippen LogP contribution < -0.4 is 20.3 Å². The summed E-state index contributed by atoms with van der Waals surface area (Å²) in [6.07, 6.45) is 12.4. The molecule has 0 aliphatic carbocycles. The van der Waals surface area contributed by atoms with E-state index in [9.17, 15) is 12.8 Å². The van der Waals surface area contributed by atoms with E-state index in [-0.39, 0.29) is 58.5 Å². The van der Waals surface area contributed by atoms with E-state index in [0.29, 0.717) is 59.3 Å². The highest BCUT2D eigenvalue weighted by Gasteiger charge is 2.35. The fraction of sp³-hybridized carbons (Fsp3) is 0.308. The number of hydrogen-bond donors (Lipinski definition) is 2. The molecule has 3 aromatic heterocycles. The van der Waals surface area contributed by atoms with Gasteiger partial charge in [0.15, 0.2) is 5.82 Å². The second kappa shape index (κ2) is 13.8. The summed E-state index contributed by atoms with van der Waals surface area (Å²) in [5.74, 6) is 1.73. The van der Waals surface area contributed by atoms with Crippen LogP contribution in [0.5, 0.6) is 6.01 Å². The molecule has 3 aliphatic rings. The molecule has 0 saturated carbocycles. The van der Waals surface area contributed by atoms with Gasteiger partial charge >= 0.3 is 6.01 Å². The van der Waals surface area contributed by atoms with Gasteiger partial charge in [-0.3, -0.25) is 9.88 Å². The van der Waals surface area contributed by atoms with Crippen LogP contribution in [0.2, 0.25) is 0 Å². The van der Waals surface area contributed by atoms with Crippen molar-refractivity contribution in [1.82, 2.24) is 39.3 Å². The maximum absolute atomic E-state index is 16.9. The Labute approximate surface area is 315 Å². The summed E-state index contributed by atoms with van der Waals surface area (Å²) in [6, 6.07) is 15.3. The molecule has 2 unspecified atom stereocenters. The van der Waals surface area contributed by atoms with Crippen LogP contribution in [0.3, 0.4) is 0 Å². The Bertz CT molecular complexity index is 2590. The molecular weight excluding hydrogens is 727 g/mol. The first-order valence-electron chi connectivity index (χ1n) is 18.0. The minimum absolute atomic E-state index is 0.00113. The summed E-state index contributed by atoms with van der Waals surface area (Å²) >= 11 is 0. The molecule has 3 aromatic carbocycles. The standard InChI is InChI=1S/C39H36F2N10O3S/c1-3-30-33(40)13-10-23-6-4-9-31(34(23)30)36-35(41)37-32(16-43-36)38(50-18-25-11-12-26(19-50)46-25)48-39(47-37)54-20-28-14-27(17-49(28)2)45-24-7-5-8-29(15-24)55(52,53)51-22-42-21-44-51/h1,4-10,13,15-16,21-22,25-28,45-46H,11-12,14,17-20H2,2H3/t25?,26?,27-,28+/m1/s1. The maximum Gasteiger partial charge on any atom is 0.319 e. The largest absolute Gasteiger partial charge is 0.462 e. The maximum atomic E-state index is 16.9. The average molecular weight is 763 g/mol. The van der Waals surface area contributed by atoms with Gasteiger partial charge < -0.3 is 20.3 Å². The number of ether oxygens (including phenoxy) is 1. The van der Waals surface area contributed by atoms with Crippen molar-refractivity contribution in [1.29, 1.82) is 0 Å². The first-order valence-corrected chi connectivity index (χ1v) is 19.5. The molecule has 6 aromatic rings. The van der Waals surface area contributed by atoms with Crippen LogP contribution in [-0.2, 0) is 10.0 Å². The number of pyridine rings is 1. The molecule has 13 nitrogen and oxygen atoms in total. The van der Waals surface area contributed by atoms with Crippen molar-refractivity contribution >= 4 is 43.2 Å². The van der Waals surface area contributed by atoms with Crippen LogP contribution in [0.4, 0.5) is 20.3 Å². The molecule has 0 radical (unpaired) electrons. The highest BCUT2D eigenvalue weighted by molar-refractivity contribution is 7.89. The lowest BCUT2D eigenvalue weighted by Crippen LogP contribution is -2.51. The van der Waals surface area contributed by atoms with Gasteiger partial charge in [0.1, 0.15) is 42.1 Å². The van der Waals surface area contributed by atoms with E-state index in [4.69, 9.17) is 16.1 Å². The van der Waals surface area contributed by atoms with Crippen LogP contribution in [0.1, 0.15) is 24.8 Å². The van der Waals surface area contributed by atoms with Crippen LogP contribution in [-0.4, -0.2) is 99.9 Å². The number of likely N-dealkylation sites (N-methyl/N-ethyl adjacent to an activating group) is 1. The number of piperazine rings is 1. The van der Waals surface area contributed by atoms with Crippen LogP contribution in [0.15, 0.2) is 78.3 Å². The normalized spacial score (nSPS) is 21.3. The number of terminal acetylenes is 1. The van der Waals surface area contributed by atoms with Gasteiger partial charge in [-0.2, -0.15) is 18.4 Å². The Morgan fingerprint density at radius 2 is 1.87 bits per heavy atom. The topological polar surface area (TPSA) is 143 Å². The molecule has 2 bridgehead atoms. The SMILES string of the molecule is C#Cc1c(F)ccc2cccc(-c3ncc4c(N5CC6CCC(C5)N6)nc(OC[C@@H]5C[C@@H](Nc6cccc(S(=O)(=O)n7cncn7)c6)CN5C)nc4c3F)c12. The lowest BCUT2D eigenvalue weighted by atomic mass is 9.96. The van der Waals surface area contributed by atoms with Crippen molar-refractivity contribution in [3.8, 4) is 29.6 Å². The summed E-state index contributed by atoms with van der Waals surface area (Å²) in [4.78, 5) is 22.2. The monoisotopic (exact) mass is 762 g/mol. The lowest BCUT2D eigenvalue weighted by molar-refractivity contribution is 0.188. The molecule has 16 heteroatoms. The van der Waals surface area contributed by atoms with Crippen LogP contribution in [0, 0.1) is 24.0 Å². The number of benzene rings is 3. The molecule has 2 N–H and O–H groups in total. The molecule has 3 aliphatic heterocycles. The Morgan fingerprint density at radius 1 is 1.05 bits per heavy atom. The number of nitrogens with one attached hydrogen (secondary N) is 2. The summed E-state index contributed by atoms with van der Waals surface area (Å²) in [7, 11) is -1.90. The van der Waals surface area contributed by atoms with Gasteiger partial charge in [0.2, 0.25) is 0 Å². The van der Waals surface area contributed by atoms with Crippen molar-refractivity contribution in [2.75, 3.05) is 43.5 Å². The molecule has 280 valence electrons. The van der Waals surface area contributed by atoms with Crippen molar-refractivity contribution < 1.29 is 21.9 Å². The summed E-state index contributed by atoms with van der Waals surface area (Å²) in [6.45, 7) is 2.27. The minimum Gasteiger partial charge on any atom is -0.462 e. The van der Waals surface area contributed by atoms with Gasteiger partial charge in [-0.25, -0.2) is 13.8 Å². The fourth-order valence-corrected chi connectivity index (χ4v) is 9.23. The van der Waals surface area contributed by atoms with E-state index in [1.165, 1.54) is 18.5 Å². The number of nitrogens with zero attached hydrogens (tertiary/aromatic N) is 8. The fourth-order valence-electron chi connectivity index (χ4n) is 8.14. The summed E-state index contributed by atoms with van der Waals surface area (Å²) < 4.78 is 64.9. The smallest absolute Gasteiger partial charge is 0.319 e. The van der Waals surface area contributed by atoms with Crippen molar-refractivity contribution in [2.45, 2.75) is 48.3 Å². The number of hydrogen-bond acceptors (Lipinski definition) is 12. The predicted octanol–water partition coefficient (Wildman–Crippen LogP) is 4.44. The zero-order chi connectivity index (χ0) is 37.8. The highest BCUT2D eigenvalue weighted by Crippen LogP contribution is 2.37. The molecule has 4 atom stereocenters. The van der Waals surface area contributed by atoms with Crippen molar-refractivity contribution in [2.24, 2.45) is 0 Å². The minimum atomic E-state index is -3.88.